The molecule has 3 rings (SSSR count). The van der Waals surface area contributed by atoms with Crippen molar-refractivity contribution in [1.82, 2.24) is 0 Å². The van der Waals surface area contributed by atoms with E-state index in [2.05, 4.69) is 0 Å². The highest BCUT2D eigenvalue weighted by Gasteiger charge is 2.42. The van der Waals surface area contributed by atoms with Crippen molar-refractivity contribution in [3.8, 4) is 11.5 Å². The van der Waals surface area contributed by atoms with Gasteiger partial charge in [-0.15, -0.1) is 0 Å². The molecule has 2 aromatic carbocycles. The molecule has 1 fully saturated rings. The topological polar surface area (TPSA) is 85.2 Å². The lowest BCUT2D eigenvalue weighted by molar-refractivity contribution is -0.159. The fourth-order valence-corrected chi connectivity index (χ4v) is 3.44. The van der Waals surface area contributed by atoms with Crippen LogP contribution < -0.4 is 9.47 Å². The minimum atomic E-state index is -1.17. The number of aliphatic carboxylic acids is 1. The highest BCUT2D eigenvalue weighted by molar-refractivity contribution is 6.42. The second kappa shape index (κ2) is 9.67. The highest BCUT2D eigenvalue weighted by atomic mass is 35.5. The third kappa shape index (κ3) is 5.76. The van der Waals surface area contributed by atoms with Crippen molar-refractivity contribution < 1.29 is 29.2 Å². The van der Waals surface area contributed by atoms with E-state index in [1.54, 1.807) is 36.4 Å². The molecule has 2 atom stereocenters. The zero-order valence-electron chi connectivity index (χ0n) is 15.6. The Bertz CT molecular complexity index is 851. The Kier molecular flexibility index (Phi) is 7.24. The van der Waals surface area contributed by atoms with Crippen molar-refractivity contribution in [1.29, 1.82) is 0 Å². The second-order valence-corrected chi connectivity index (χ2v) is 7.74. The van der Waals surface area contributed by atoms with Gasteiger partial charge in [0.1, 0.15) is 30.8 Å². The Morgan fingerprint density at radius 2 is 1.83 bits per heavy atom. The van der Waals surface area contributed by atoms with Gasteiger partial charge in [-0.05, 0) is 42.7 Å². The maximum atomic E-state index is 11.6. The van der Waals surface area contributed by atoms with E-state index in [0.717, 1.165) is 12.0 Å². The van der Waals surface area contributed by atoms with Crippen LogP contribution in [0.3, 0.4) is 0 Å². The quantitative estimate of drug-likeness (QED) is 0.612. The SMILES string of the molecule is O=C(O)C1(Cc2cccc(OC[C@@H](O)COc3ccc(Cl)c(Cl)c3)c2)CCCO1. The van der Waals surface area contributed by atoms with Crippen molar-refractivity contribution in [2.75, 3.05) is 19.8 Å². The van der Waals surface area contributed by atoms with Crippen molar-refractivity contribution >= 4 is 29.2 Å². The number of benzene rings is 2. The number of hydrogen-bond donors (Lipinski definition) is 2. The molecule has 29 heavy (non-hydrogen) atoms. The van der Waals surface area contributed by atoms with E-state index < -0.39 is 17.7 Å². The molecule has 0 spiro atoms. The van der Waals surface area contributed by atoms with Crippen molar-refractivity contribution in [3.05, 3.63) is 58.1 Å². The number of carboxylic acids is 1. The van der Waals surface area contributed by atoms with E-state index in [9.17, 15) is 15.0 Å². The predicted molar refractivity (Wildman–Crippen MR) is 109 cm³/mol. The minimum Gasteiger partial charge on any atom is -0.491 e. The smallest absolute Gasteiger partial charge is 0.336 e. The number of carbonyl (C=O) groups is 1. The Balaban J connectivity index is 1.52. The number of ether oxygens (including phenoxy) is 3. The third-order valence-corrected chi connectivity index (χ3v) is 5.40. The number of halogens is 2. The number of carboxylic acid groups (broad SMARTS) is 1. The summed E-state index contributed by atoms with van der Waals surface area (Å²) >= 11 is 11.8. The molecule has 0 aliphatic carbocycles. The molecular formula is C21H22Cl2O6. The Morgan fingerprint density at radius 1 is 1.10 bits per heavy atom. The van der Waals surface area contributed by atoms with Crippen LogP contribution in [0.25, 0.3) is 0 Å². The number of rotatable bonds is 9. The molecule has 0 radical (unpaired) electrons. The average Bonchev–Trinajstić information content (AvgIpc) is 3.17. The maximum absolute atomic E-state index is 11.6. The normalized spacial score (nSPS) is 19.7. The molecule has 1 unspecified atom stereocenters. The zero-order valence-corrected chi connectivity index (χ0v) is 17.2. The molecule has 1 aliphatic rings. The van der Waals surface area contributed by atoms with Gasteiger partial charge in [0.25, 0.3) is 0 Å². The third-order valence-electron chi connectivity index (χ3n) is 4.66. The van der Waals surface area contributed by atoms with Crippen molar-refractivity contribution in [2.24, 2.45) is 0 Å². The average molecular weight is 441 g/mol. The molecule has 0 saturated carbocycles. The van der Waals surface area contributed by atoms with Crippen LogP contribution in [0.5, 0.6) is 11.5 Å². The van der Waals surface area contributed by atoms with E-state index in [-0.39, 0.29) is 19.6 Å². The summed E-state index contributed by atoms with van der Waals surface area (Å²) in [7, 11) is 0. The molecule has 0 amide bonds. The first-order valence-electron chi connectivity index (χ1n) is 9.23. The summed E-state index contributed by atoms with van der Waals surface area (Å²) in [6.45, 7) is 0.493. The van der Waals surface area contributed by atoms with Crippen LogP contribution >= 0.6 is 23.2 Å². The molecular weight excluding hydrogens is 419 g/mol. The van der Waals surface area contributed by atoms with E-state index in [1.165, 1.54) is 0 Å². The van der Waals surface area contributed by atoms with Gasteiger partial charge in [0.2, 0.25) is 0 Å². The lowest BCUT2D eigenvalue weighted by Gasteiger charge is -2.23. The molecule has 2 aromatic rings. The highest BCUT2D eigenvalue weighted by Crippen LogP contribution is 2.31. The molecule has 0 bridgehead atoms. The van der Waals surface area contributed by atoms with E-state index in [0.29, 0.717) is 34.6 Å². The lowest BCUT2D eigenvalue weighted by Crippen LogP contribution is -2.40. The maximum Gasteiger partial charge on any atom is 0.336 e. The molecule has 1 heterocycles. The van der Waals surface area contributed by atoms with Crippen LogP contribution in [0.4, 0.5) is 0 Å². The molecule has 1 aliphatic heterocycles. The Morgan fingerprint density at radius 3 is 2.45 bits per heavy atom. The van der Waals surface area contributed by atoms with E-state index >= 15 is 0 Å². The fourth-order valence-electron chi connectivity index (χ4n) is 3.16. The molecule has 6 nitrogen and oxygen atoms in total. The van der Waals surface area contributed by atoms with Crippen LogP contribution in [-0.4, -0.2) is 47.7 Å². The van der Waals surface area contributed by atoms with E-state index in [4.69, 9.17) is 37.4 Å². The van der Waals surface area contributed by atoms with Gasteiger partial charge in [-0.2, -0.15) is 0 Å². The van der Waals surface area contributed by atoms with Gasteiger partial charge in [-0.3, -0.25) is 0 Å². The molecule has 1 saturated heterocycles. The molecule has 0 aromatic heterocycles. The van der Waals surface area contributed by atoms with Crippen LogP contribution in [0.15, 0.2) is 42.5 Å². The monoisotopic (exact) mass is 440 g/mol. The van der Waals surface area contributed by atoms with Crippen LogP contribution in [-0.2, 0) is 16.0 Å². The molecule has 2 N–H and O–H groups in total. The van der Waals surface area contributed by atoms with Gasteiger partial charge >= 0.3 is 5.97 Å². The van der Waals surface area contributed by atoms with Crippen molar-refractivity contribution in [2.45, 2.75) is 31.0 Å². The lowest BCUT2D eigenvalue weighted by atomic mass is 9.91. The van der Waals surface area contributed by atoms with Gasteiger partial charge in [-0.25, -0.2) is 4.79 Å². The summed E-state index contributed by atoms with van der Waals surface area (Å²) in [4.78, 5) is 11.6. The Hall–Kier alpha value is -1.99. The summed E-state index contributed by atoms with van der Waals surface area (Å²) < 4.78 is 16.6. The van der Waals surface area contributed by atoms with Gasteiger partial charge in [0.05, 0.1) is 10.0 Å². The number of hydrogen-bond acceptors (Lipinski definition) is 5. The zero-order chi connectivity index (χ0) is 20.9. The molecule has 156 valence electrons. The number of aliphatic hydroxyl groups is 1. The summed E-state index contributed by atoms with van der Waals surface area (Å²) in [6.07, 6.45) is 0.616. The number of aliphatic hydroxyl groups excluding tert-OH is 1. The Labute approximate surface area is 178 Å². The van der Waals surface area contributed by atoms with Gasteiger partial charge in [0, 0.05) is 19.1 Å². The first-order valence-corrected chi connectivity index (χ1v) is 9.98. The first-order chi connectivity index (χ1) is 13.9. The second-order valence-electron chi connectivity index (χ2n) is 6.93. The standard InChI is InChI=1S/C21H22Cl2O6/c22-18-6-5-17(10-19(18)23)28-13-15(24)12-27-16-4-1-3-14(9-16)11-21(20(25)26)7-2-8-29-21/h1,3-6,9-10,15,24H,2,7-8,11-13H2,(H,25,26)/t15-,21?/m1/s1. The fraction of sp³-hybridized carbons (Fsp3) is 0.381. The summed E-state index contributed by atoms with van der Waals surface area (Å²) in [5, 5.41) is 20.4. The molecule has 8 heteroatoms. The van der Waals surface area contributed by atoms with Crippen LogP contribution in [0, 0.1) is 0 Å². The van der Waals surface area contributed by atoms with Crippen LogP contribution in [0.1, 0.15) is 18.4 Å². The summed E-state index contributed by atoms with van der Waals surface area (Å²) in [5.41, 5.74) is -0.375. The van der Waals surface area contributed by atoms with E-state index in [1.807, 2.05) is 6.07 Å². The summed E-state index contributed by atoms with van der Waals surface area (Å²) in [6, 6.07) is 12.0. The van der Waals surface area contributed by atoms with Gasteiger partial charge in [0.15, 0.2) is 5.60 Å². The van der Waals surface area contributed by atoms with Crippen molar-refractivity contribution in [3.63, 3.8) is 0 Å². The predicted octanol–water partition coefficient (Wildman–Crippen LogP) is 3.99. The van der Waals surface area contributed by atoms with Crippen LogP contribution in [0.2, 0.25) is 10.0 Å². The van der Waals surface area contributed by atoms with Gasteiger partial charge < -0.3 is 24.4 Å². The van der Waals surface area contributed by atoms with Gasteiger partial charge in [-0.1, -0.05) is 35.3 Å². The minimum absolute atomic E-state index is 0.0192. The summed E-state index contributed by atoms with van der Waals surface area (Å²) in [5.74, 6) is 0.0850. The first kappa shape index (κ1) is 21.7. The largest absolute Gasteiger partial charge is 0.491 e.